The molecule has 0 saturated heterocycles. The van der Waals surface area contributed by atoms with Crippen molar-refractivity contribution in [3.8, 4) is 16.8 Å². The molecule has 5 N–H and O–H groups in total. The molecule has 0 saturated carbocycles. The summed E-state index contributed by atoms with van der Waals surface area (Å²) in [5.41, 5.74) is 13.2. The van der Waals surface area contributed by atoms with Crippen LogP contribution in [0.1, 0.15) is 22.8 Å². The summed E-state index contributed by atoms with van der Waals surface area (Å²) < 4.78 is 3.93. The van der Waals surface area contributed by atoms with E-state index in [0.717, 1.165) is 38.8 Å². The van der Waals surface area contributed by atoms with Crippen LogP contribution in [-0.2, 0) is 11.3 Å². The summed E-state index contributed by atoms with van der Waals surface area (Å²) in [4.78, 5) is 26.9. The molecule has 0 aliphatic rings. The first-order chi connectivity index (χ1) is 18.9. The van der Waals surface area contributed by atoms with E-state index in [-0.39, 0.29) is 5.91 Å². The molecule has 39 heavy (non-hydrogen) atoms. The summed E-state index contributed by atoms with van der Waals surface area (Å²) >= 11 is 0. The van der Waals surface area contributed by atoms with Crippen molar-refractivity contribution < 1.29 is 9.59 Å². The molecule has 8 nitrogen and oxygen atoms in total. The minimum atomic E-state index is -0.542. The Kier molecular flexibility index (Phi) is 5.84. The van der Waals surface area contributed by atoms with E-state index in [1.54, 1.807) is 18.2 Å². The van der Waals surface area contributed by atoms with Gasteiger partial charge in [-0.25, -0.2) is 0 Å². The van der Waals surface area contributed by atoms with Crippen LogP contribution >= 0.6 is 0 Å². The Labute approximate surface area is 223 Å². The highest BCUT2D eigenvalue weighted by Gasteiger charge is 2.15. The number of aromatic nitrogens is 3. The molecule has 2 amide bonds. The molecule has 0 fully saturated rings. The molecule has 2 heterocycles. The lowest BCUT2D eigenvalue weighted by molar-refractivity contribution is -0.114. The number of para-hydroxylation sites is 2. The number of carbonyl (C=O) groups is 2. The van der Waals surface area contributed by atoms with Gasteiger partial charge in [-0.15, -0.1) is 0 Å². The molecule has 0 bridgehead atoms. The third kappa shape index (κ3) is 4.27. The minimum absolute atomic E-state index is 0.211. The Bertz CT molecular complexity index is 1940. The van der Waals surface area contributed by atoms with Crippen LogP contribution in [-0.4, -0.2) is 25.9 Å². The van der Waals surface area contributed by atoms with Crippen molar-refractivity contribution >= 4 is 39.4 Å². The lowest BCUT2D eigenvalue weighted by Crippen LogP contribution is -2.24. The number of anilines is 1. The number of aromatic amines is 1. The van der Waals surface area contributed by atoms with Crippen LogP contribution in [0.15, 0.2) is 97.2 Å². The third-order valence-corrected chi connectivity index (χ3v) is 6.95. The largest absolute Gasteiger partial charge is 0.366 e. The van der Waals surface area contributed by atoms with Gasteiger partial charge in [-0.3, -0.25) is 19.6 Å². The summed E-state index contributed by atoms with van der Waals surface area (Å²) in [6, 6.07) is 28.9. The highest BCUT2D eigenvalue weighted by Crippen LogP contribution is 2.31. The summed E-state index contributed by atoms with van der Waals surface area (Å²) in [5, 5.41) is 13.1. The molecule has 0 aliphatic carbocycles. The van der Waals surface area contributed by atoms with Crippen molar-refractivity contribution in [2.75, 3.05) is 5.32 Å². The molecule has 8 heteroatoms. The summed E-state index contributed by atoms with van der Waals surface area (Å²) in [6.07, 6.45) is 1.93. The number of imidazole rings is 1. The van der Waals surface area contributed by atoms with Crippen molar-refractivity contribution in [2.45, 2.75) is 13.5 Å². The maximum atomic E-state index is 11.8. The highest BCUT2D eigenvalue weighted by molar-refractivity contribution is 5.99. The van der Waals surface area contributed by atoms with Crippen molar-refractivity contribution in [3.05, 3.63) is 114 Å². The monoisotopic (exact) mass is 514 g/mol. The van der Waals surface area contributed by atoms with E-state index in [1.165, 1.54) is 6.92 Å². The zero-order chi connectivity index (χ0) is 27.1. The van der Waals surface area contributed by atoms with E-state index < -0.39 is 5.91 Å². The lowest BCUT2D eigenvalue weighted by atomic mass is 10.00. The standard InChI is InChI=1S/C31H26N6O2/c1-19(38)35-27-14-11-21(30(32)39)17-25(27)20-9-12-23(13-10-20)37-29-8-3-2-7-28(29)36(31(37)33)18-22-5-4-6-26-24(22)15-16-34-26/h2-17,33-34H,18H2,1H3,(H2,32,39)(H,35,38). The molecule has 0 spiro atoms. The van der Waals surface area contributed by atoms with Gasteiger partial charge in [0.2, 0.25) is 17.4 Å². The van der Waals surface area contributed by atoms with Crippen LogP contribution in [0.2, 0.25) is 0 Å². The number of primary amides is 1. The first-order valence-electron chi connectivity index (χ1n) is 12.5. The second-order valence-electron chi connectivity index (χ2n) is 9.44. The van der Waals surface area contributed by atoms with Gasteiger partial charge in [-0.2, -0.15) is 0 Å². The number of hydrogen-bond donors (Lipinski definition) is 4. The Morgan fingerprint density at radius 2 is 1.69 bits per heavy atom. The zero-order valence-electron chi connectivity index (χ0n) is 21.2. The second kappa shape index (κ2) is 9.50. The predicted octanol–water partition coefficient (Wildman–Crippen LogP) is 5.17. The van der Waals surface area contributed by atoms with Gasteiger partial charge in [0.05, 0.1) is 17.6 Å². The Morgan fingerprint density at radius 3 is 2.44 bits per heavy atom. The van der Waals surface area contributed by atoms with E-state index in [4.69, 9.17) is 11.1 Å². The Hall–Kier alpha value is -5.37. The van der Waals surface area contributed by atoms with Gasteiger partial charge in [0.1, 0.15) is 0 Å². The Balaban J connectivity index is 1.44. The number of nitrogens with zero attached hydrogens (tertiary/aromatic N) is 2. The number of hydrogen-bond acceptors (Lipinski definition) is 3. The third-order valence-electron chi connectivity index (χ3n) is 6.95. The summed E-state index contributed by atoms with van der Waals surface area (Å²) in [7, 11) is 0. The summed E-state index contributed by atoms with van der Waals surface area (Å²) in [5.74, 6) is -0.753. The minimum Gasteiger partial charge on any atom is -0.366 e. The number of carbonyl (C=O) groups excluding carboxylic acids is 2. The molecule has 192 valence electrons. The fourth-order valence-electron chi connectivity index (χ4n) is 5.14. The quantitative estimate of drug-likeness (QED) is 0.245. The Morgan fingerprint density at radius 1 is 0.923 bits per heavy atom. The van der Waals surface area contributed by atoms with Crippen molar-refractivity contribution in [1.29, 1.82) is 5.41 Å². The number of benzene rings is 4. The van der Waals surface area contributed by atoms with E-state index in [2.05, 4.69) is 22.4 Å². The molecular formula is C31H26N6O2. The first kappa shape index (κ1) is 24.0. The second-order valence-corrected chi connectivity index (χ2v) is 9.44. The van der Waals surface area contributed by atoms with Gasteiger partial charge in [-0.1, -0.05) is 36.4 Å². The molecule has 6 aromatic rings. The van der Waals surface area contributed by atoms with E-state index >= 15 is 0 Å². The molecule has 4 aromatic carbocycles. The van der Waals surface area contributed by atoms with Crippen LogP contribution in [0.4, 0.5) is 5.69 Å². The molecular weight excluding hydrogens is 488 g/mol. The van der Waals surface area contributed by atoms with Crippen LogP contribution in [0.5, 0.6) is 0 Å². The number of nitrogens with two attached hydrogens (primary N) is 1. The van der Waals surface area contributed by atoms with Gasteiger partial charge >= 0.3 is 0 Å². The van der Waals surface area contributed by atoms with Crippen LogP contribution in [0, 0.1) is 5.41 Å². The molecule has 0 atom stereocenters. The topological polar surface area (TPSA) is 122 Å². The average Bonchev–Trinajstić information content (AvgIpc) is 3.52. The number of rotatable bonds is 6. The molecule has 2 aromatic heterocycles. The predicted molar refractivity (Wildman–Crippen MR) is 153 cm³/mol. The van der Waals surface area contributed by atoms with Gasteiger partial charge in [0.15, 0.2) is 0 Å². The lowest BCUT2D eigenvalue weighted by Gasteiger charge is -2.13. The fraction of sp³-hybridized carbons (Fsp3) is 0.0645. The van der Waals surface area contributed by atoms with E-state index in [9.17, 15) is 9.59 Å². The zero-order valence-corrected chi connectivity index (χ0v) is 21.2. The van der Waals surface area contributed by atoms with E-state index in [0.29, 0.717) is 29.0 Å². The maximum absolute atomic E-state index is 11.8. The van der Waals surface area contributed by atoms with Gasteiger partial charge in [0.25, 0.3) is 0 Å². The number of H-pyrrole nitrogens is 1. The van der Waals surface area contributed by atoms with Gasteiger partial charge in [-0.05, 0) is 65.7 Å². The van der Waals surface area contributed by atoms with Crippen LogP contribution < -0.4 is 16.7 Å². The first-order valence-corrected chi connectivity index (χ1v) is 12.5. The van der Waals surface area contributed by atoms with Gasteiger partial charge in [0, 0.05) is 46.5 Å². The summed E-state index contributed by atoms with van der Waals surface area (Å²) in [6.45, 7) is 1.99. The number of nitrogens with one attached hydrogen (secondary N) is 3. The molecule has 0 radical (unpaired) electrons. The van der Waals surface area contributed by atoms with Crippen LogP contribution in [0.3, 0.4) is 0 Å². The highest BCUT2D eigenvalue weighted by atomic mass is 16.1. The molecule has 0 aliphatic heterocycles. The average molecular weight is 515 g/mol. The van der Waals surface area contributed by atoms with E-state index in [1.807, 2.05) is 76.0 Å². The van der Waals surface area contributed by atoms with Crippen molar-refractivity contribution in [3.63, 3.8) is 0 Å². The fourth-order valence-corrected chi connectivity index (χ4v) is 5.14. The molecule has 0 unspecified atom stereocenters. The van der Waals surface area contributed by atoms with Crippen molar-refractivity contribution in [2.24, 2.45) is 5.73 Å². The molecule has 6 rings (SSSR count). The van der Waals surface area contributed by atoms with Crippen molar-refractivity contribution in [1.82, 2.24) is 14.1 Å². The SMILES string of the molecule is CC(=O)Nc1ccc(C(N)=O)cc1-c1ccc(-n2c(=N)n(Cc3cccc4[nH]ccc34)c3ccccc32)cc1. The number of fused-ring (bicyclic) bond motifs is 2. The normalized spacial score (nSPS) is 11.2. The number of amides is 2. The van der Waals surface area contributed by atoms with Gasteiger partial charge < -0.3 is 20.6 Å². The smallest absolute Gasteiger partial charge is 0.248 e. The van der Waals surface area contributed by atoms with Crippen LogP contribution in [0.25, 0.3) is 38.8 Å². The maximum Gasteiger partial charge on any atom is 0.248 e.